The van der Waals surface area contributed by atoms with Gasteiger partial charge in [-0.1, -0.05) is 72.8 Å². The molecule has 3 rings (SSSR count). The van der Waals surface area contributed by atoms with E-state index in [2.05, 4.69) is 15.6 Å². The van der Waals surface area contributed by atoms with Crippen molar-refractivity contribution in [3.63, 3.8) is 0 Å². The van der Waals surface area contributed by atoms with Gasteiger partial charge in [-0.2, -0.15) is 0 Å². The Morgan fingerprint density at radius 2 is 1.46 bits per heavy atom. The quantitative estimate of drug-likeness (QED) is 0.162. The highest BCUT2D eigenvalue weighted by atomic mass is 16.5. The maximum absolute atomic E-state index is 13.4. The summed E-state index contributed by atoms with van der Waals surface area (Å²) in [6.45, 7) is 0.957. The Labute approximate surface area is 218 Å². The predicted octanol–water partition coefficient (Wildman–Crippen LogP) is 2.72. The van der Waals surface area contributed by atoms with Gasteiger partial charge in [-0.05, 0) is 54.6 Å². The summed E-state index contributed by atoms with van der Waals surface area (Å²) < 4.78 is 5.21. The van der Waals surface area contributed by atoms with E-state index < -0.39 is 12.0 Å². The molecule has 0 fully saturated rings. The predicted molar refractivity (Wildman–Crippen MR) is 146 cm³/mol. The second-order valence-corrected chi connectivity index (χ2v) is 8.66. The molecule has 3 aromatic carbocycles. The molecular formula is C29H35N5O3. The molecule has 0 radical (unpaired) electrons. The molecule has 194 valence electrons. The van der Waals surface area contributed by atoms with E-state index in [4.69, 9.17) is 16.2 Å². The minimum atomic E-state index is -0.604. The number of hydrogen-bond acceptors (Lipinski definition) is 5. The Balaban J connectivity index is 1.69. The molecule has 0 unspecified atom stereocenters. The minimum Gasteiger partial charge on any atom is -0.497 e. The number of aliphatic imine (C=N–C) groups is 1. The van der Waals surface area contributed by atoms with Crippen molar-refractivity contribution >= 4 is 17.8 Å². The highest BCUT2D eigenvalue weighted by Crippen LogP contribution is 2.24. The van der Waals surface area contributed by atoms with E-state index in [1.165, 1.54) is 0 Å². The number of carbonyl (C=O) groups excluding carboxylic acids is 2. The Morgan fingerprint density at radius 1 is 0.865 bits per heavy atom. The van der Waals surface area contributed by atoms with Crippen molar-refractivity contribution in [2.75, 3.05) is 20.2 Å². The molecule has 6 N–H and O–H groups in total. The number of benzene rings is 3. The van der Waals surface area contributed by atoms with E-state index in [-0.39, 0.29) is 17.8 Å². The van der Waals surface area contributed by atoms with E-state index in [1.54, 1.807) is 7.11 Å². The van der Waals surface area contributed by atoms with Gasteiger partial charge < -0.3 is 21.5 Å². The van der Waals surface area contributed by atoms with Gasteiger partial charge >= 0.3 is 0 Å². The lowest BCUT2D eigenvalue weighted by atomic mass is 9.90. The van der Waals surface area contributed by atoms with E-state index in [9.17, 15) is 9.59 Å². The summed E-state index contributed by atoms with van der Waals surface area (Å²) in [7, 11) is 1.63. The molecule has 37 heavy (non-hydrogen) atoms. The average molecular weight is 502 g/mol. The molecule has 0 spiro atoms. The second-order valence-electron chi connectivity index (χ2n) is 8.66. The van der Waals surface area contributed by atoms with Crippen LogP contribution in [-0.4, -0.2) is 44.0 Å². The summed E-state index contributed by atoms with van der Waals surface area (Å²) in [6, 6.07) is 26.1. The van der Waals surface area contributed by atoms with Crippen LogP contribution in [0.3, 0.4) is 0 Å². The fourth-order valence-electron chi connectivity index (χ4n) is 4.08. The monoisotopic (exact) mass is 501 g/mol. The SMILES string of the molecule is COc1ccc(CCN[C@@H](CCCN=C(N)N)C(=O)NC(=O)C(c2ccccc2)c2ccccc2)cc1. The molecule has 8 nitrogen and oxygen atoms in total. The van der Waals surface area contributed by atoms with Gasteiger partial charge in [-0.15, -0.1) is 0 Å². The van der Waals surface area contributed by atoms with Crippen molar-refractivity contribution in [3.8, 4) is 5.75 Å². The van der Waals surface area contributed by atoms with Crippen LogP contribution < -0.4 is 26.8 Å². The maximum Gasteiger partial charge on any atom is 0.243 e. The molecule has 0 aliphatic heterocycles. The third-order valence-electron chi connectivity index (χ3n) is 6.00. The summed E-state index contributed by atoms with van der Waals surface area (Å²) in [5.74, 6) is -0.543. The Kier molecular flexibility index (Phi) is 10.7. The van der Waals surface area contributed by atoms with E-state index >= 15 is 0 Å². The molecule has 2 amide bonds. The van der Waals surface area contributed by atoms with Crippen LogP contribution in [0.1, 0.15) is 35.4 Å². The Bertz CT molecular complexity index is 1110. The first-order valence-corrected chi connectivity index (χ1v) is 12.3. The molecule has 0 heterocycles. The van der Waals surface area contributed by atoms with E-state index in [0.29, 0.717) is 32.4 Å². The molecule has 8 heteroatoms. The largest absolute Gasteiger partial charge is 0.497 e. The molecule has 3 aromatic rings. The van der Waals surface area contributed by atoms with Crippen LogP contribution in [0.2, 0.25) is 0 Å². The number of rotatable bonds is 13. The lowest BCUT2D eigenvalue weighted by Crippen LogP contribution is -2.48. The maximum atomic E-state index is 13.4. The molecule has 0 saturated heterocycles. The van der Waals surface area contributed by atoms with E-state index in [1.807, 2.05) is 84.9 Å². The van der Waals surface area contributed by atoms with Crippen LogP contribution in [0.4, 0.5) is 0 Å². The van der Waals surface area contributed by atoms with Gasteiger partial charge in [0.15, 0.2) is 5.96 Å². The number of amides is 2. The van der Waals surface area contributed by atoms with Crippen LogP contribution >= 0.6 is 0 Å². The number of ether oxygens (including phenoxy) is 1. The van der Waals surface area contributed by atoms with Gasteiger partial charge in [0.05, 0.1) is 19.1 Å². The van der Waals surface area contributed by atoms with Gasteiger partial charge in [0.1, 0.15) is 5.75 Å². The highest BCUT2D eigenvalue weighted by molar-refractivity contribution is 6.01. The first kappa shape index (κ1) is 27.4. The number of nitrogens with two attached hydrogens (primary N) is 2. The number of nitrogens with one attached hydrogen (secondary N) is 2. The molecule has 0 saturated carbocycles. The molecule has 0 aromatic heterocycles. The Hall–Kier alpha value is -4.17. The topological polar surface area (TPSA) is 132 Å². The molecule has 1 atom stereocenters. The molecule has 0 aliphatic carbocycles. The van der Waals surface area contributed by atoms with Crippen LogP contribution in [0, 0.1) is 0 Å². The summed E-state index contributed by atoms with van der Waals surface area (Å²) in [4.78, 5) is 30.7. The van der Waals surface area contributed by atoms with Crippen molar-refractivity contribution in [2.24, 2.45) is 16.5 Å². The smallest absolute Gasteiger partial charge is 0.243 e. The van der Waals surface area contributed by atoms with Gasteiger partial charge in [0.2, 0.25) is 11.8 Å². The first-order chi connectivity index (χ1) is 18.0. The summed E-state index contributed by atoms with van der Waals surface area (Å²) in [6.07, 6.45) is 1.77. The zero-order chi connectivity index (χ0) is 26.5. The highest BCUT2D eigenvalue weighted by Gasteiger charge is 2.27. The van der Waals surface area contributed by atoms with Crippen LogP contribution in [0.5, 0.6) is 5.75 Å². The first-order valence-electron chi connectivity index (χ1n) is 12.3. The van der Waals surface area contributed by atoms with Crippen molar-refractivity contribution in [3.05, 3.63) is 102 Å². The Morgan fingerprint density at radius 3 is 2.00 bits per heavy atom. The molecule has 0 bridgehead atoms. The third kappa shape index (κ3) is 8.77. The number of guanidine groups is 1. The number of nitrogens with zero attached hydrogens (tertiary/aromatic N) is 1. The lowest BCUT2D eigenvalue weighted by Gasteiger charge is -2.21. The summed E-state index contributed by atoms with van der Waals surface area (Å²) in [5.41, 5.74) is 13.6. The number of methoxy groups -OCH3 is 1. The molecule has 0 aliphatic rings. The third-order valence-corrected chi connectivity index (χ3v) is 6.00. The molecular weight excluding hydrogens is 466 g/mol. The van der Waals surface area contributed by atoms with Crippen LogP contribution in [0.15, 0.2) is 89.9 Å². The zero-order valence-electron chi connectivity index (χ0n) is 21.1. The average Bonchev–Trinajstić information content (AvgIpc) is 2.91. The fraction of sp³-hybridized carbons (Fsp3) is 0.276. The minimum absolute atomic E-state index is 0.0113. The summed E-state index contributed by atoms with van der Waals surface area (Å²) >= 11 is 0. The van der Waals surface area contributed by atoms with Crippen molar-refractivity contribution in [2.45, 2.75) is 31.2 Å². The van der Waals surface area contributed by atoms with E-state index in [0.717, 1.165) is 22.4 Å². The van der Waals surface area contributed by atoms with Gasteiger partial charge in [0, 0.05) is 6.54 Å². The van der Waals surface area contributed by atoms with Gasteiger partial charge in [-0.25, -0.2) is 0 Å². The van der Waals surface area contributed by atoms with Crippen molar-refractivity contribution < 1.29 is 14.3 Å². The normalized spacial score (nSPS) is 11.5. The number of carbonyl (C=O) groups is 2. The van der Waals surface area contributed by atoms with Crippen molar-refractivity contribution in [1.29, 1.82) is 0 Å². The number of hydrogen-bond donors (Lipinski definition) is 4. The standard InChI is InChI=1S/C29H35N5O3/c1-37-24-16-14-21(15-17-24)18-20-32-25(13-8-19-33-29(30)31)27(35)34-28(36)26(22-9-4-2-5-10-22)23-11-6-3-7-12-23/h2-7,9-12,14-17,25-26,32H,8,13,18-20H2,1H3,(H4,30,31,33)(H,34,35,36)/t25-/m0/s1. The summed E-state index contributed by atoms with van der Waals surface area (Å²) in [5, 5.41) is 5.95. The fourth-order valence-corrected chi connectivity index (χ4v) is 4.08. The van der Waals surface area contributed by atoms with Gasteiger partial charge in [-0.3, -0.25) is 19.9 Å². The van der Waals surface area contributed by atoms with Crippen LogP contribution in [0.25, 0.3) is 0 Å². The lowest BCUT2D eigenvalue weighted by molar-refractivity contribution is -0.132. The van der Waals surface area contributed by atoms with Crippen molar-refractivity contribution in [1.82, 2.24) is 10.6 Å². The van der Waals surface area contributed by atoms with Gasteiger partial charge in [0.25, 0.3) is 0 Å². The van der Waals surface area contributed by atoms with Crippen LogP contribution in [-0.2, 0) is 16.0 Å². The number of imide groups is 1. The zero-order valence-corrected chi connectivity index (χ0v) is 21.1. The second kappa shape index (κ2) is 14.4.